The molecule has 4 nitrogen and oxygen atoms in total. The molecule has 8 rings (SSSR count). The molecule has 8 aromatic rings. The minimum Gasteiger partial charge on any atom is 0 e. The van der Waals surface area contributed by atoms with Gasteiger partial charge in [0.25, 0.3) is 0 Å². The number of benzene rings is 8. The summed E-state index contributed by atoms with van der Waals surface area (Å²) in [6, 6.07) is 88.9. The summed E-state index contributed by atoms with van der Waals surface area (Å²) in [6.07, 6.45) is 0. The fraction of sp³-hybridized carbons (Fsp3) is 0.194. The third-order valence-electron chi connectivity index (χ3n) is 12.1. The summed E-state index contributed by atoms with van der Waals surface area (Å²) in [5.41, 5.74) is 0. The Morgan fingerprint density at radius 3 is 0.423 bits per heavy atom. The molecule has 0 N–H and O–H groups in total. The van der Waals surface area contributed by atoms with Gasteiger partial charge in [-0.3, -0.25) is 0 Å². The Hall–Kier alpha value is -2.05. The molecule has 0 saturated heterocycles. The molecule has 0 unspecified atom stereocenters. The van der Waals surface area contributed by atoms with Gasteiger partial charge in [-0.1, -0.05) is 0 Å². The van der Waals surface area contributed by atoms with E-state index in [1.54, 1.807) is 0 Å². The zero-order chi connectivity index (χ0) is 54.9. The van der Waals surface area contributed by atoms with E-state index in [0.717, 1.165) is 0 Å². The van der Waals surface area contributed by atoms with Gasteiger partial charge in [-0.15, -0.1) is 0 Å². The van der Waals surface area contributed by atoms with Crippen LogP contribution < -0.4 is 42.4 Å². The Labute approximate surface area is 523 Å². The topological polar surface area (TPSA) is 49.4 Å². The molecule has 16 heteroatoms. The van der Waals surface area contributed by atoms with Gasteiger partial charge in [0, 0.05) is 47.3 Å². The predicted molar refractivity (Wildman–Crippen MR) is 372 cm³/mol. The Morgan fingerprint density at radius 2 is 0.333 bits per heavy atom. The van der Waals surface area contributed by atoms with Crippen molar-refractivity contribution in [2.45, 2.75) is 78.6 Å². The molecule has 0 spiro atoms. The van der Waals surface area contributed by atoms with Crippen molar-refractivity contribution in [3.8, 4) is 0 Å². The van der Waals surface area contributed by atoms with Crippen molar-refractivity contribution < 1.29 is 0 Å². The minimum absolute atomic E-state index is 0. The van der Waals surface area contributed by atoms with E-state index in [1.807, 2.05) is 0 Å². The van der Waals surface area contributed by atoms with Gasteiger partial charge in [-0.25, -0.2) is 0 Å². The van der Waals surface area contributed by atoms with Gasteiger partial charge < -0.3 is 0 Å². The largest absolute Gasteiger partial charge is 0 e. The van der Waals surface area contributed by atoms with Crippen LogP contribution in [-0.2, 0) is 0 Å². The second-order valence-electron chi connectivity index (χ2n) is 23.0. The second-order valence-corrected chi connectivity index (χ2v) is 60.9. The van der Waals surface area contributed by atoms with Crippen molar-refractivity contribution in [1.82, 2.24) is 0 Å². The number of hydrogen-bond donors (Lipinski definition) is 0. The molecule has 0 amide bonds. The molecule has 400 valence electrons. The molecule has 8 aromatic carbocycles. The molecule has 0 aromatic heterocycles. The number of hydrogen-bond acceptors (Lipinski definition) is 4. The fourth-order valence-electron chi connectivity index (χ4n) is 9.59. The van der Waals surface area contributed by atoms with E-state index in [-0.39, 0.29) is 47.3 Å². The van der Waals surface area contributed by atoms with Crippen molar-refractivity contribution in [1.29, 1.82) is 0 Å². The maximum Gasteiger partial charge on any atom is 0 e. The van der Waals surface area contributed by atoms with E-state index < -0.39 is 61.2 Å². The Kier molecular flexibility index (Phi) is 24.4. The van der Waals surface area contributed by atoms with Gasteiger partial charge >= 0.3 is 482 Å². The predicted octanol–water partition coefficient (Wildman–Crippen LogP) is 14.5. The van der Waals surface area contributed by atoms with Crippen LogP contribution in [0.4, 0.5) is 0 Å². The molecule has 0 saturated carbocycles. The first-order chi connectivity index (χ1) is 36.0. The molecule has 78 heavy (non-hydrogen) atoms. The summed E-state index contributed by atoms with van der Waals surface area (Å²) in [6.45, 7) is 28.5. The first kappa shape index (κ1) is 66.7. The van der Waals surface area contributed by atoms with Crippen LogP contribution in [0.3, 0.4) is 0 Å². The first-order valence-electron chi connectivity index (χ1n) is 26.2. The SMILES string of the molecule is C[Si](C)(C)N=P([C](=[Ge])P(=N[Si](C)(C)C)(c1ccccc1)c1ccccc1)(c1ccccc1)c1ccccc1.C[Si](C)(C)N=P([C](=[Ge])P(=N[Si](C)(C)C)(c1ccccc1)c1ccccc1)(c1ccccc1)c1ccccc1.[Te].[Te]. The molecule has 0 aliphatic heterocycles. The first-order valence-corrected chi connectivity index (χ1v) is 49.0. The van der Waals surface area contributed by atoms with Gasteiger partial charge in [0.15, 0.2) is 0 Å². The third-order valence-corrected chi connectivity index (χ3v) is 48.9. The van der Waals surface area contributed by atoms with E-state index in [9.17, 15) is 0 Å². The van der Waals surface area contributed by atoms with Gasteiger partial charge in [0.05, 0.1) is 0 Å². The average molecular weight is 1510 g/mol. The average Bonchev–Trinajstić information content (AvgIpc) is 3.53. The van der Waals surface area contributed by atoms with Crippen molar-refractivity contribution in [2.75, 3.05) is 0 Å². The standard InChI is InChI=1S/2C31H38GeN2P2Si2.2Te/c2*1-37(2,3)33-35(27-19-11-7-12-20-27,28-21-13-8-14-22-28)31(32)36(34-38(4,5)6,29-23-15-9-16-24-29)30-25-17-10-18-26-30;;/h2*7-26H,1-6H3;;. The zero-order valence-corrected chi connectivity index (χ0v) is 63.9. The van der Waals surface area contributed by atoms with Crippen LogP contribution in [0.2, 0.25) is 78.6 Å². The Balaban J connectivity index is 0.000000280. The summed E-state index contributed by atoms with van der Waals surface area (Å²) < 4.78 is 27.0. The van der Waals surface area contributed by atoms with Gasteiger partial charge in [0.2, 0.25) is 0 Å². The molecule has 8 radical (unpaired) electrons. The molecule has 0 fully saturated rings. The third kappa shape index (κ3) is 15.8. The molecular formula is C62H76Ge2N4P4Si4Te2. The van der Waals surface area contributed by atoms with Crippen molar-refractivity contribution >= 4 is 191 Å². The van der Waals surface area contributed by atoms with Crippen LogP contribution in [0.15, 0.2) is 260 Å². The van der Waals surface area contributed by atoms with Crippen molar-refractivity contribution in [2.24, 2.45) is 17.6 Å². The summed E-state index contributed by atoms with van der Waals surface area (Å²) in [7, 11) is -17.2. The van der Waals surface area contributed by atoms with Gasteiger partial charge in [-0.2, -0.15) is 0 Å². The van der Waals surface area contributed by atoms with Crippen LogP contribution in [0, 0.1) is 0 Å². The minimum atomic E-state index is -2.37. The van der Waals surface area contributed by atoms with Crippen LogP contribution in [0.5, 0.6) is 0 Å². The quantitative estimate of drug-likeness (QED) is 0.0684. The van der Waals surface area contributed by atoms with Gasteiger partial charge in [0.1, 0.15) is 0 Å². The van der Waals surface area contributed by atoms with E-state index in [2.05, 4.69) is 353 Å². The van der Waals surface area contributed by atoms with E-state index >= 15 is 0 Å². The van der Waals surface area contributed by atoms with Crippen LogP contribution in [0.1, 0.15) is 0 Å². The molecule has 0 aliphatic rings. The fourth-order valence-corrected chi connectivity index (χ4v) is 55.2. The molecule has 0 heterocycles. The van der Waals surface area contributed by atoms with Crippen LogP contribution in [-0.4, -0.2) is 120 Å². The summed E-state index contributed by atoms with van der Waals surface area (Å²) in [4.78, 5) is 0. The Bertz CT molecular complexity index is 2830. The summed E-state index contributed by atoms with van der Waals surface area (Å²) in [5.74, 6) is 0. The van der Waals surface area contributed by atoms with E-state index in [4.69, 9.17) is 17.6 Å². The van der Waals surface area contributed by atoms with Crippen molar-refractivity contribution in [3.05, 3.63) is 243 Å². The monoisotopic (exact) mass is 1520 g/mol. The maximum absolute atomic E-state index is 6.02. The van der Waals surface area contributed by atoms with Crippen LogP contribution in [0.25, 0.3) is 0 Å². The molecule has 0 bridgehead atoms. The zero-order valence-electron chi connectivity index (χ0n) is 47.5. The van der Waals surface area contributed by atoms with Gasteiger partial charge in [-0.05, 0) is 0 Å². The van der Waals surface area contributed by atoms with E-state index in [0.29, 0.717) is 0 Å². The molecule has 0 aliphatic carbocycles. The summed E-state index contributed by atoms with van der Waals surface area (Å²) in [5, 5.41) is 10.6. The van der Waals surface area contributed by atoms with Crippen LogP contribution >= 0.6 is 28.2 Å². The molecule has 0 atom stereocenters. The Morgan fingerprint density at radius 1 is 0.231 bits per heavy atom. The smallest absolute Gasteiger partial charge is 0 e. The normalized spacial score (nSPS) is 12.3. The van der Waals surface area contributed by atoms with E-state index in [1.165, 1.54) is 50.1 Å². The summed E-state index contributed by atoms with van der Waals surface area (Å²) >= 11 is 4.82. The molecular weight excluding hydrogens is 1440 g/mol. The second kappa shape index (κ2) is 28.5. The number of nitrogens with zero attached hydrogens (tertiary/aromatic N) is 4. The van der Waals surface area contributed by atoms with Crippen molar-refractivity contribution in [3.63, 3.8) is 0 Å². The maximum atomic E-state index is 6.02. The number of rotatable bonds is 16.